The van der Waals surface area contributed by atoms with Crippen LogP contribution in [0.5, 0.6) is 0 Å². The molecule has 0 spiro atoms. The zero-order valence-corrected chi connectivity index (χ0v) is 19.3. The highest BCUT2D eigenvalue weighted by Gasteiger charge is 2.67. The molecule has 1 aliphatic rings. The van der Waals surface area contributed by atoms with Gasteiger partial charge in [-0.05, 0) is 47.5 Å². The minimum Gasteiger partial charge on any atom is -0.323 e. The van der Waals surface area contributed by atoms with E-state index in [2.05, 4.69) is 5.32 Å². The molecule has 3 aromatic carbocycles. The van der Waals surface area contributed by atoms with Gasteiger partial charge in [-0.15, -0.1) is 23.2 Å². The number of carbonyl (C=O) groups excluding carboxylic acids is 2. The lowest BCUT2D eigenvalue weighted by atomic mass is 10.0. The largest absolute Gasteiger partial charge is 0.323 e. The minimum absolute atomic E-state index is 0.179. The molecule has 0 radical (unpaired) electrons. The van der Waals surface area contributed by atoms with E-state index in [1.54, 1.807) is 0 Å². The van der Waals surface area contributed by atoms with Gasteiger partial charge in [-0.1, -0.05) is 29.8 Å². The quantitative estimate of drug-likeness (QED) is 0.215. The number of anilines is 1. The van der Waals surface area contributed by atoms with Crippen LogP contribution in [-0.4, -0.2) is 16.0 Å². The normalized spacial score (nSPS) is 18.4. The molecule has 3 nitrogen and oxygen atoms in total. The number of amides is 1. The summed E-state index contributed by atoms with van der Waals surface area (Å²) in [6, 6.07) is 10.5. The number of ketones is 1. The van der Waals surface area contributed by atoms with Gasteiger partial charge in [0.2, 0.25) is 5.91 Å². The van der Waals surface area contributed by atoms with Crippen molar-refractivity contribution in [2.75, 3.05) is 5.32 Å². The van der Waals surface area contributed by atoms with Crippen LogP contribution in [0.4, 0.5) is 23.2 Å². The van der Waals surface area contributed by atoms with Gasteiger partial charge < -0.3 is 5.32 Å². The molecular weight excluding hydrogens is 517 g/mol. The van der Waals surface area contributed by atoms with Crippen LogP contribution in [0.15, 0.2) is 54.6 Å². The van der Waals surface area contributed by atoms with Gasteiger partial charge in [-0.3, -0.25) is 9.59 Å². The monoisotopic (exact) mass is 529 g/mol. The maximum absolute atomic E-state index is 15.0. The molecule has 1 aliphatic carbocycles. The topological polar surface area (TPSA) is 46.2 Å². The van der Waals surface area contributed by atoms with Crippen LogP contribution in [0.3, 0.4) is 0 Å². The molecular formula is C24H14Cl3F4NO2. The second-order valence-corrected chi connectivity index (χ2v) is 9.65. The first-order valence-electron chi connectivity index (χ1n) is 9.90. The highest BCUT2D eigenvalue weighted by molar-refractivity contribution is 6.53. The smallest absolute Gasteiger partial charge is 0.231 e. The Bertz CT molecular complexity index is 1300. The standard InChI is InChI=1S/C24H14Cl3F4NO2/c25-14-10-12(3-6-15(14)29)20-21(24(20,26)27)23(34)32-17-8-7-16(30)19(22(17)31)18(33)9-11-1-4-13(28)5-2-11/h1-8,10,20-21H,9H2,(H,32,34). The summed E-state index contributed by atoms with van der Waals surface area (Å²) in [5.41, 5.74) is -0.526. The lowest BCUT2D eigenvalue weighted by Gasteiger charge is -2.11. The fourth-order valence-electron chi connectivity index (χ4n) is 3.76. The lowest BCUT2D eigenvalue weighted by molar-refractivity contribution is -0.117. The van der Waals surface area contributed by atoms with Gasteiger partial charge in [-0.25, -0.2) is 17.6 Å². The van der Waals surface area contributed by atoms with Gasteiger partial charge in [0.25, 0.3) is 0 Å². The average molecular weight is 531 g/mol. The molecule has 0 aromatic heterocycles. The van der Waals surface area contributed by atoms with Crippen molar-refractivity contribution in [2.24, 2.45) is 5.92 Å². The number of Topliss-reactive ketones (excluding diaryl/α,β-unsaturated/α-hetero) is 1. The van der Waals surface area contributed by atoms with Crippen molar-refractivity contribution in [1.29, 1.82) is 0 Å². The van der Waals surface area contributed by atoms with Gasteiger partial charge >= 0.3 is 0 Å². The van der Waals surface area contributed by atoms with E-state index in [4.69, 9.17) is 34.8 Å². The molecule has 1 fully saturated rings. The fourth-order valence-corrected chi connectivity index (χ4v) is 4.78. The summed E-state index contributed by atoms with van der Waals surface area (Å²) >= 11 is 18.3. The molecule has 0 aliphatic heterocycles. The summed E-state index contributed by atoms with van der Waals surface area (Å²) in [4.78, 5) is 25.4. The van der Waals surface area contributed by atoms with E-state index in [0.29, 0.717) is 11.1 Å². The maximum atomic E-state index is 15.0. The highest BCUT2D eigenvalue weighted by Crippen LogP contribution is 2.65. The Hall–Kier alpha value is -2.61. The van der Waals surface area contributed by atoms with Crippen molar-refractivity contribution in [3.05, 3.63) is 99.6 Å². The van der Waals surface area contributed by atoms with Crippen molar-refractivity contribution in [1.82, 2.24) is 0 Å². The van der Waals surface area contributed by atoms with E-state index in [1.165, 1.54) is 24.3 Å². The van der Waals surface area contributed by atoms with Crippen LogP contribution in [-0.2, 0) is 11.2 Å². The van der Waals surface area contributed by atoms with Crippen molar-refractivity contribution in [2.45, 2.75) is 16.7 Å². The first kappa shape index (κ1) is 24.5. The first-order chi connectivity index (χ1) is 16.0. The van der Waals surface area contributed by atoms with Crippen LogP contribution >= 0.6 is 34.8 Å². The van der Waals surface area contributed by atoms with Crippen molar-refractivity contribution in [3.8, 4) is 0 Å². The molecule has 2 atom stereocenters. The van der Waals surface area contributed by atoms with E-state index < -0.39 is 62.4 Å². The third kappa shape index (κ3) is 4.65. The van der Waals surface area contributed by atoms with E-state index in [1.807, 2.05) is 0 Å². The minimum atomic E-state index is -1.57. The number of nitrogens with one attached hydrogen (secondary N) is 1. The molecule has 176 valence electrons. The molecule has 0 saturated heterocycles. The first-order valence-corrected chi connectivity index (χ1v) is 11.0. The Morgan fingerprint density at radius 1 is 0.912 bits per heavy atom. The molecule has 1 saturated carbocycles. The number of rotatable bonds is 6. The third-order valence-electron chi connectivity index (χ3n) is 5.54. The van der Waals surface area contributed by atoms with Gasteiger partial charge in [0.1, 0.15) is 21.8 Å². The van der Waals surface area contributed by atoms with E-state index >= 15 is 4.39 Å². The Balaban J connectivity index is 1.55. The van der Waals surface area contributed by atoms with Gasteiger partial charge in [0, 0.05) is 12.3 Å². The van der Waals surface area contributed by atoms with E-state index in [-0.39, 0.29) is 11.4 Å². The van der Waals surface area contributed by atoms with Crippen molar-refractivity contribution < 1.29 is 27.2 Å². The maximum Gasteiger partial charge on any atom is 0.231 e. The summed E-state index contributed by atoms with van der Waals surface area (Å²) in [7, 11) is 0. The van der Waals surface area contributed by atoms with Gasteiger partial charge in [0.15, 0.2) is 11.6 Å². The zero-order valence-electron chi connectivity index (χ0n) is 17.0. The van der Waals surface area contributed by atoms with Crippen molar-refractivity contribution in [3.63, 3.8) is 0 Å². The summed E-state index contributed by atoms with van der Waals surface area (Å²) in [5.74, 6) is -7.03. The van der Waals surface area contributed by atoms with Crippen LogP contribution < -0.4 is 5.32 Å². The molecule has 0 bridgehead atoms. The van der Waals surface area contributed by atoms with Gasteiger partial charge in [-0.2, -0.15) is 0 Å². The van der Waals surface area contributed by atoms with Crippen LogP contribution in [0.25, 0.3) is 0 Å². The summed E-state index contributed by atoms with van der Waals surface area (Å²) < 4.78 is 54.3. The predicted octanol–water partition coefficient (Wildman–Crippen LogP) is 6.85. The molecule has 4 rings (SSSR count). The summed E-state index contributed by atoms with van der Waals surface area (Å²) in [6.07, 6.45) is -0.381. The Labute approximate surface area is 206 Å². The fraction of sp³-hybridized carbons (Fsp3) is 0.167. The molecule has 1 amide bonds. The van der Waals surface area contributed by atoms with Crippen LogP contribution in [0.1, 0.15) is 27.4 Å². The van der Waals surface area contributed by atoms with Gasteiger partial charge in [0.05, 0.1) is 22.2 Å². The number of hydrogen-bond acceptors (Lipinski definition) is 2. The molecule has 3 aromatic rings. The Morgan fingerprint density at radius 2 is 1.56 bits per heavy atom. The number of benzene rings is 3. The second-order valence-electron chi connectivity index (χ2n) is 7.80. The predicted molar refractivity (Wildman–Crippen MR) is 122 cm³/mol. The SMILES string of the molecule is O=C(Cc1ccc(F)cc1)c1c(F)ccc(NC(=O)C2C(c3ccc(F)c(Cl)c3)C2(Cl)Cl)c1F. The molecule has 10 heteroatoms. The Kier molecular flexibility index (Phi) is 6.64. The van der Waals surface area contributed by atoms with Crippen LogP contribution in [0.2, 0.25) is 5.02 Å². The zero-order chi connectivity index (χ0) is 24.8. The Morgan fingerprint density at radius 3 is 2.21 bits per heavy atom. The van der Waals surface area contributed by atoms with Crippen LogP contribution in [0, 0.1) is 29.2 Å². The highest BCUT2D eigenvalue weighted by atomic mass is 35.5. The van der Waals surface area contributed by atoms with Crippen molar-refractivity contribution >= 4 is 52.2 Å². The number of alkyl halides is 2. The second kappa shape index (κ2) is 9.21. The number of carbonyl (C=O) groups is 2. The molecule has 1 N–H and O–H groups in total. The number of hydrogen-bond donors (Lipinski definition) is 1. The lowest BCUT2D eigenvalue weighted by Crippen LogP contribution is -2.19. The van der Waals surface area contributed by atoms with E-state index in [9.17, 15) is 22.8 Å². The summed E-state index contributed by atoms with van der Waals surface area (Å²) in [6.45, 7) is 0. The molecule has 2 unspecified atom stereocenters. The number of halogens is 7. The third-order valence-corrected chi connectivity index (χ3v) is 6.77. The molecule has 34 heavy (non-hydrogen) atoms. The molecule has 0 heterocycles. The van der Waals surface area contributed by atoms with E-state index in [0.717, 1.165) is 30.3 Å². The summed E-state index contributed by atoms with van der Waals surface area (Å²) in [5, 5.41) is 2.11. The average Bonchev–Trinajstić information content (AvgIpc) is 3.36.